The zero-order valence-electron chi connectivity index (χ0n) is 12.1. The highest BCUT2D eigenvalue weighted by molar-refractivity contribution is 8.00. The number of carbonyl (C=O) groups excluding carboxylic acids is 1. The monoisotopic (exact) mass is 322 g/mol. The molecule has 0 aliphatic carbocycles. The average molecular weight is 322 g/mol. The van der Waals surface area contributed by atoms with Crippen LogP contribution in [0.3, 0.4) is 0 Å². The average Bonchev–Trinajstić information content (AvgIpc) is 2.59. The summed E-state index contributed by atoms with van der Waals surface area (Å²) in [5, 5.41) is 4.37. The lowest BCUT2D eigenvalue weighted by Gasteiger charge is -2.11. The number of anilines is 1. The number of nitrogens with one attached hydrogen (secondary N) is 1. The smallest absolute Gasteiger partial charge is 0.233 e. The maximum absolute atomic E-state index is 12.0. The van der Waals surface area contributed by atoms with Gasteiger partial charge in [-0.05, 0) is 32.3 Å². The number of thiophene rings is 1. The topological polar surface area (TPSA) is 80.9 Å². The quantitative estimate of drug-likeness (QED) is 0.831. The predicted octanol–water partition coefficient (Wildman–Crippen LogP) is 2.65. The molecule has 0 saturated carbocycles. The summed E-state index contributed by atoms with van der Waals surface area (Å²) in [7, 11) is 0. The van der Waals surface area contributed by atoms with Crippen molar-refractivity contribution in [1.29, 1.82) is 0 Å². The zero-order chi connectivity index (χ0) is 15.0. The lowest BCUT2D eigenvalue weighted by Crippen LogP contribution is -2.30. The molecule has 112 valence electrons. The van der Waals surface area contributed by atoms with Gasteiger partial charge in [0.2, 0.25) is 5.91 Å². The van der Waals surface area contributed by atoms with Gasteiger partial charge in [-0.15, -0.1) is 11.3 Å². The minimum atomic E-state index is -0.119. The highest BCUT2D eigenvalue weighted by Gasteiger charge is 2.24. The number of hydrogen-bond acceptors (Lipinski definition) is 6. The summed E-state index contributed by atoms with van der Waals surface area (Å²) in [4.78, 5) is 23.1. The van der Waals surface area contributed by atoms with Crippen molar-refractivity contribution in [2.75, 3.05) is 12.3 Å². The van der Waals surface area contributed by atoms with Crippen molar-refractivity contribution >= 4 is 45.0 Å². The standard InChI is InChI=1S/C14H18N4OS2/c1-7-8(2)20-13-10(7)11(15)17-14(18-13)21-9-5-3-4-6-16-12(9)19/h9H,3-6H2,1-2H3,(H,16,19)(H2,15,17,18)/t9-/m1/s1. The van der Waals surface area contributed by atoms with E-state index in [2.05, 4.69) is 22.2 Å². The Labute approximate surface area is 131 Å². The first-order valence-electron chi connectivity index (χ1n) is 7.04. The van der Waals surface area contributed by atoms with E-state index in [1.54, 1.807) is 11.3 Å². The Balaban J connectivity index is 1.92. The van der Waals surface area contributed by atoms with Gasteiger partial charge in [0.05, 0.1) is 10.6 Å². The van der Waals surface area contributed by atoms with E-state index >= 15 is 0 Å². The molecule has 1 aliphatic rings. The Kier molecular flexibility index (Phi) is 4.03. The molecule has 0 bridgehead atoms. The van der Waals surface area contributed by atoms with Gasteiger partial charge in [0.15, 0.2) is 5.16 Å². The van der Waals surface area contributed by atoms with E-state index in [-0.39, 0.29) is 11.2 Å². The number of aromatic nitrogens is 2. The third-order valence-electron chi connectivity index (χ3n) is 3.77. The zero-order valence-corrected chi connectivity index (χ0v) is 13.7. The number of hydrogen-bond donors (Lipinski definition) is 2. The van der Waals surface area contributed by atoms with Gasteiger partial charge in [0.25, 0.3) is 0 Å². The number of nitrogens with two attached hydrogens (primary N) is 1. The van der Waals surface area contributed by atoms with Crippen LogP contribution in [-0.4, -0.2) is 27.7 Å². The minimum Gasteiger partial charge on any atom is -0.383 e. The van der Waals surface area contributed by atoms with Gasteiger partial charge in [-0.25, -0.2) is 9.97 Å². The first-order chi connectivity index (χ1) is 10.1. The summed E-state index contributed by atoms with van der Waals surface area (Å²) < 4.78 is 0. The van der Waals surface area contributed by atoms with Crippen LogP contribution in [0, 0.1) is 13.8 Å². The summed E-state index contributed by atoms with van der Waals surface area (Å²) in [6, 6.07) is 0. The van der Waals surface area contributed by atoms with Crippen LogP contribution < -0.4 is 11.1 Å². The largest absolute Gasteiger partial charge is 0.383 e. The highest BCUT2D eigenvalue weighted by atomic mass is 32.2. The third-order valence-corrected chi connectivity index (χ3v) is 6.00. The van der Waals surface area contributed by atoms with Gasteiger partial charge < -0.3 is 11.1 Å². The molecule has 0 radical (unpaired) electrons. The number of rotatable bonds is 2. The number of thioether (sulfide) groups is 1. The van der Waals surface area contributed by atoms with Crippen LogP contribution >= 0.6 is 23.1 Å². The summed E-state index contributed by atoms with van der Waals surface area (Å²) in [6.07, 6.45) is 2.94. The van der Waals surface area contributed by atoms with Crippen molar-refractivity contribution < 1.29 is 4.79 Å². The Bertz CT molecular complexity index is 698. The van der Waals surface area contributed by atoms with Crippen LogP contribution in [-0.2, 0) is 4.79 Å². The lowest BCUT2D eigenvalue weighted by molar-refractivity contribution is -0.120. The molecule has 2 aromatic heterocycles. The summed E-state index contributed by atoms with van der Waals surface area (Å²) in [5.41, 5.74) is 7.23. The van der Waals surface area contributed by atoms with Crippen LogP contribution in [0.15, 0.2) is 5.16 Å². The number of amides is 1. The predicted molar refractivity (Wildman–Crippen MR) is 87.8 cm³/mol. The molecule has 1 aliphatic heterocycles. The molecule has 1 atom stereocenters. The van der Waals surface area contributed by atoms with Crippen molar-refractivity contribution in [2.24, 2.45) is 0 Å². The molecule has 3 rings (SSSR count). The van der Waals surface area contributed by atoms with E-state index in [0.29, 0.717) is 11.0 Å². The fourth-order valence-corrected chi connectivity index (χ4v) is 4.58. The van der Waals surface area contributed by atoms with Crippen LogP contribution in [0.4, 0.5) is 5.82 Å². The van der Waals surface area contributed by atoms with Gasteiger partial charge in [-0.1, -0.05) is 18.2 Å². The van der Waals surface area contributed by atoms with Crippen LogP contribution in [0.2, 0.25) is 0 Å². The van der Waals surface area contributed by atoms with E-state index in [1.165, 1.54) is 16.6 Å². The van der Waals surface area contributed by atoms with Crippen LogP contribution in [0.1, 0.15) is 29.7 Å². The fourth-order valence-electron chi connectivity index (χ4n) is 2.46. The Morgan fingerprint density at radius 3 is 2.95 bits per heavy atom. The first-order valence-corrected chi connectivity index (χ1v) is 8.73. The van der Waals surface area contributed by atoms with Gasteiger partial charge in [0.1, 0.15) is 10.6 Å². The van der Waals surface area contributed by atoms with Gasteiger partial charge in [-0.2, -0.15) is 0 Å². The van der Waals surface area contributed by atoms with E-state index < -0.39 is 0 Å². The number of nitrogens with zero attached hydrogens (tertiary/aromatic N) is 2. The van der Waals surface area contributed by atoms with Crippen LogP contribution in [0.25, 0.3) is 10.2 Å². The second kappa shape index (κ2) is 5.81. The van der Waals surface area contributed by atoms with E-state index in [9.17, 15) is 4.79 Å². The summed E-state index contributed by atoms with van der Waals surface area (Å²) >= 11 is 3.05. The molecule has 2 aromatic rings. The molecular formula is C14H18N4OS2. The van der Waals surface area contributed by atoms with Gasteiger partial charge in [0, 0.05) is 11.4 Å². The van der Waals surface area contributed by atoms with E-state index in [1.807, 2.05) is 6.92 Å². The molecule has 1 saturated heterocycles. The molecule has 5 nitrogen and oxygen atoms in total. The molecule has 0 aromatic carbocycles. The van der Waals surface area contributed by atoms with Crippen molar-refractivity contribution in [3.8, 4) is 0 Å². The second-order valence-electron chi connectivity index (χ2n) is 5.25. The van der Waals surface area contributed by atoms with E-state index in [4.69, 9.17) is 5.73 Å². The molecule has 0 spiro atoms. The summed E-state index contributed by atoms with van der Waals surface area (Å²) in [5.74, 6) is 0.594. The molecular weight excluding hydrogens is 304 g/mol. The van der Waals surface area contributed by atoms with Gasteiger partial charge in [-0.3, -0.25) is 4.79 Å². The number of aryl methyl sites for hydroxylation is 2. The Hall–Kier alpha value is -1.34. The SMILES string of the molecule is Cc1sc2nc(S[C@@H]3CCCCNC3=O)nc(N)c2c1C. The number of fused-ring (bicyclic) bond motifs is 1. The molecule has 7 heteroatoms. The molecule has 1 fully saturated rings. The molecule has 1 amide bonds. The first kappa shape index (κ1) is 14.6. The van der Waals surface area contributed by atoms with Crippen molar-refractivity contribution in [3.05, 3.63) is 10.4 Å². The van der Waals surface area contributed by atoms with Crippen LogP contribution in [0.5, 0.6) is 0 Å². The van der Waals surface area contributed by atoms with Crippen molar-refractivity contribution in [1.82, 2.24) is 15.3 Å². The van der Waals surface area contributed by atoms with Gasteiger partial charge >= 0.3 is 0 Å². The normalized spacial score (nSPS) is 19.5. The Morgan fingerprint density at radius 2 is 2.14 bits per heavy atom. The number of carbonyl (C=O) groups is 1. The lowest BCUT2D eigenvalue weighted by atomic mass is 10.2. The molecule has 0 unspecified atom stereocenters. The fraction of sp³-hybridized carbons (Fsp3) is 0.500. The Morgan fingerprint density at radius 1 is 1.33 bits per heavy atom. The second-order valence-corrected chi connectivity index (χ2v) is 7.62. The van der Waals surface area contributed by atoms with Crippen molar-refractivity contribution in [2.45, 2.75) is 43.5 Å². The third kappa shape index (κ3) is 2.85. The maximum atomic E-state index is 12.0. The molecule has 3 heterocycles. The highest BCUT2D eigenvalue weighted by Crippen LogP contribution is 2.34. The molecule has 21 heavy (non-hydrogen) atoms. The molecule has 3 N–H and O–H groups in total. The summed E-state index contributed by atoms with van der Waals surface area (Å²) in [6.45, 7) is 4.87. The maximum Gasteiger partial charge on any atom is 0.233 e. The minimum absolute atomic E-state index is 0.0818. The van der Waals surface area contributed by atoms with E-state index in [0.717, 1.165) is 41.6 Å². The van der Waals surface area contributed by atoms with Crippen molar-refractivity contribution in [3.63, 3.8) is 0 Å². The number of nitrogen functional groups attached to an aromatic ring is 1.